The van der Waals surface area contributed by atoms with Gasteiger partial charge in [-0.25, -0.2) is 9.58 Å². The largest absolute Gasteiger partial charge is 0.294 e. The Morgan fingerprint density at radius 3 is 2.08 bits per heavy atom. The second-order valence-corrected chi connectivity index (χ2v) is 6.29. The highest BCUT2D eigenvalue weighted by molar-refractivity contribution is 6.22. The summed E-state index contributed by atoms with van der Waals surface area (Å²) in [4.78, 5) is 39.2. The first kappa shape index (κ1) is 16.1. The van der Waals surface area contributed by atoms with Crippen LogP contribution in [0.25, 0.3) is 5.69 Å². The van der Waals surface area contributed by atoms with E-state index in [2.05, 4.69) is 5.10 Å². The number of nitrogens with zero attached hydrogens (tertiary/aromatic N) is 2. The van der Waals surface area contributed by atoms with Crippen molar-refractivity contribution in [2.24, 2.45) is 0 Å². The van der Waals surface area contributed by atoms with Crippen molar-refractivity contribution in [3.63, 3.8) is 0 Å². The van der Waals surface area contributed by atoms with Gasteiger partial charge in [0.2, 0.25) is 11.8 Å². The molecule has 1 aliphatic heterocycles. The number of rotatable bonds is 3. The maximum Gasteiger partial charge on any atom is 0.274 e. The Balaban J connectivity index is 1.74. The number of carbonyl (C=O) groups excluding carboxylic acids is 2. The van der Waals surface area contributed by atoms with Gasteiger partial charge in [-0.3, -0.25) is 19.5 Å². The molecule has 1 aromatic heterocycles. The number of aromatic nitrogens is 2. The molecule has 1 atom stereocenters. The average molecular weight is 347 g/mol. The maximum atomic E-state index is 12.9. The number of nitrogens with one attached hydrogen (secondary N) is 1. The Labute approximate surface area is 149 Å². The highest BCUT2D eigenvalue weighted by Crippen LogP contribution is 2.33. The van der Waals surface area contributed by atoms with E-state index < -0.39 is 5.92 Å². The lowest BCUT2D eigenvalue weighted by atomic mass is 10.0. The highest BCUT2D eigenvalue weighted by Gasteiger charge is 2.42. The van der Waals surface area contributed by atoms with Crippen LogP contribution in [0.3, 0.4) is 0 Å². The Kier molecular flexibility index (Phi) is 3.80. The van der Waals surface area contributed by atoms with Gasteiger partial charge in [0.25, 0.3) is 5.56 Å². The van der Waals surface area contributed by atoms with Crippen molar-refractivity contribution in [3.8, 4) is 5.69 Å². The third-order valence-corrected chi connectivity index (χ3v) is 4.68. The Morgan fingerprint density at radius 2 is 1.46 bits per heavy atom. The molecule has 1 aliphatic rings. The van der Waals surface area contributed by atoms with Crippen molar-refractivity contribution < 1.29 is 9.59 Å². The van der Waals surface area contributed by atoms with Gasteiger partial charge in [-0.15, -0.1) is 0 Å². The number of imide groups is 1. The van der Waals surface area contributed by atoms with Crippen LogP contribution in [0.15, 0.2) is 65.5 Å². The molecule has 1 N–H and O–H groups in total. The van der Waals surface area contributed by atoms with Gasteiger partial charge in [0.05, 0.1) is 23.0 Å². The van der Waals surface area contributed by atoms with E-state index in [4.69, 9.17) is 0 Å². The molecule has 2 heterocycles. The fourth-order valence-corrected chi connectivity index (χ4v) is 3.34. The molecule has 0 unspecified atom stereocenters. The van der Waals surface area contributed by atoms with Crippen molar-refractivity contribution in [3.05, 3.63) is 82.3 Å². The number of hydrogen-bond donors (Lipinski definition) is 1. The van der Waals surface area contributed by atoms with E-state index in [9.17, 15) is 14.4 Å². The summed E-state index contributed by atoms with van der Waals surface area (Å²) < 4.78 is 1.41. The van der Waals surface area contributed by atoms with Gasteiger partial charge in [-0.1, -0.05) is 36.4 Å². The van der Waals surface area contributed by atoms with Crippen molar-refractivity contribution in [2.45, 2.75) is 19.3 Å². The Morgan fingerprint density at radius 1 is 0.885 bits per heavy atom. The minimum atomic E-state index is -0.680. The average Bonchev–Trinajstić information content (AvgIpc) is 3.13. The summed E-state index contributed by atoms with van der Waals surface area (Å²) in [5, 5.41) is 3.04. The van der Waals surface area contributed by atoms with Crippen LogP contribution in [0.4, 0.5) is 5.69 Å². The number of carbonyl (C=O) groups is 2. The SMILES string of the molecule is Cc1c([C@@H]2CC(=O)N(c3ccccc3)C2=O)[nH]n(-c2ccccc2)c1=O. The molecule has 1 saturated heterocycles. The van der Waals surface area contributed by atoms with E-state index in [-0.39, 0.29) is 23.8 Å². The van der Waals surface area contributed by atoms with Crippen molar-refractivity contribution in [1.82, 2.24) is 9.78 Å². The zero-order valence-corrected chi connectivity index (χ0v) is 14.2. The smallest absolute Gasteiger partial charge is 0.274 e. The fraction of sp³-hybridized carbons (Fsp3) is 0.150. The Bertz CT molecular complexity index is 1040. The molecule has 0 radical (unpaired) electrons. The van der Waals surface area contributed by atoms with Crippen molar-refractivity contribution in [2.75, 3.05) is 4.90 Å². The molecule has 130 valence electrons. The molecule has 0 bridgehead atoms. The topological polar surface area (TPSA) is 75.2 Å². The third kappa shape index (κ3) is 2.47. The molecule has 0 aliphatic carbocycles. The molecule has 6 heteroatoms. The summed E-state index contributed by atoms with van der Waals surface area (Å²) in [6, 6.07) is 18.0. The summed E-state index contributed by atoms with van der Waals surface area (Å²) in [6.07, 6.45) is 0.0450. The predicted molar refractivity (Wildman–Crippen MR) is 97.4 cm³/mol. The van der Waals surface area contributed by atoms with E-state index >= 15 is 0 Å². The quantitative estimate of drug-likeness (QED) is 0.740. The molecule has 26 heavy (non-hydrogen) atoms. The lowest BCUT2D eigenvalue weighted by molar-refractivity contribution is -0.121. The van der Waals surface area contributed by atoms with Crippen LogP contribution in [0.1, 0.15) is 23.6 Å². The lowest BCUT2D eigenvalue weighted by Crippen LogP contribution is -2.30. The third-order valence-electron chi connectivity index (χ3n) is 4.68. The zero-order valence-electron chi connectivity index (χ0n) is 14.2. The molecule has 2 aromatic carbocycles. The van der Waals surface area contributed by atoms with Crippen molar-refractivity contribution >= 4 is 17.5 Å². The summed E-state index contributed by atoms with van der Waals surface area (Å²) in [6.45, 7) is 1.68. The maximum absolute atomic E-state index is 12.9. The number of amides is 2. The first-order chi connectivity index (χ1) is 12.6. The predicted octanol–water partition coefficient (Wildman–Crippen LogP) is 2.52. The van der Waals surface area contributed by atoms with Gasteiger partial charge in [-0.05, 0) is 31.2 Å². The number of benzene rings is 2. The van der Waals surface area contributed by atoms with Gasteiger partial charge < -0.3 is 0 Å². The van der Waals surface area contributed by atoms with E-state index in [1.807, 2.05) is 24.3 Å². The molecule has 0 saturated carbocycles. The molecule has 3 aromatic rings. The van der Waals surface area contributed by atoms with E-state index in [1.54, 1.807) is 43.3 Å². The molecule has 2 amide bonds. The van der Waals surface area contributed by atoms with Crippen LogP contribution in [-0.4, -0.2) is 21.6 Å². The highest BCUT2D eigenvalue weighted by atomic mass is 16.2. The minimum Gasteiger partial charge on any atom is -0.294 e. The standard InChI is InChI=1S/C20H17N3O3/c1-13-18(21-23(19(13)25)15-10-6-3-7-11-15)16-12-17(24)22(20(16)26)14-8-4-2-5-9-14/h2-11,16,21H,12H2,1H3/t16-/m0/s1. The van der Waals surface area contributed by atoms with Gasteiger partial charge in [-0.2, -0.15) is 0 Å². The summed E-state index contributed by atoms with van der Waals surface area (Å²) >= 11 is 0. The van der Waals surface area contributed by atoms with E-state index in [0.717, 1.165) is 0 Å². The van der Waals surface area contributed by atoms with Crippen molar-refractivity contribution in [1.29, 1.82) is 0 Å². The summed E-state index contributed by atoms with van der Waals surface area (Å²) in [7, 11) is 0. The molecular weight excluding hydrogens is 330 g/mol. The number of para-hydroxylation sites is 2. The van der Waals surface area contributed by atoms with Gasteiger partial charge >= 0.3 is 0 Å². The number of H-pyrrole nitrogens is 1. The van der Waals surface area contributed by atoms with Crippen LogP contribution in [-0.2, 0) is 9.59 Å². The summed E-state index contributed by atoms with van der Waals surface area (Å²) in [5.41, 5.74) is 1.96. The normalized spacial score (nSPS) is 17.1. The minimum absolute atomic E-state index is 0.0450. The molecular formula is C20H17N3O3. The monoisotopic (exact) mass is 347 g/mol. The summed E-state index contributed by atoms with van der Waals surface area (Å²) in [5.74, 6) is -1.26. The number of hydrogen-bond acceptors (Lipinski definition) is 3. The lowest BCUT2D eigenvalue weighted by Gasteiger charge is -2.14. The van der Waals surface area contributed by atoms with Gasteiger partial charge in [0.1, 0.15) is 0 Å². The first-order valence-corrected chi connectivity index (χ1v) is 8.36. The molecule has 1 fully saturated rings. The number of anilines is 1. The van der Waals surface area contributed by atoms with Crippen LogP contribution < -0.4 is 10.5 Å². The van der Waals surface area contributed by atoms with Crippen LogP contribution in [0, 0.1) is 6.92 Å². The molecule has 6 nitrogen and oxygen atoms in total. The fourth-order valence-electron chi connectivity index (χ4n) is 3.34. The number of aromatic amines is 1. The first-order valence-electron chi connectivity index (χ1n) is 8.36. The van der Waals surface area contributed by atoms with Crippen LogP contribution >= 0.6 is 0 Å². The van der Waals surface area contributed by atoms with E-state index in [0.29, 0.717) is 22.6 Å². The Hall–Kier alpha value is -3.41. The van der Waals surface area contributed by atoms with Gasteiger partial charge in [0.15, 0.2) is 0 Å². The molecule has 4 rings (SSSR count). The van der Waals surface area contributed by atoms with E-state index in [1.165, 1.54) is 9.58 Å². The molecule has 0 spiro atoms. The second kappa shape index (κ2) is 6.15. The van der Waals surface area contributed by atoms with Crippen LogP contribution in [0.2, 0.25) is 0 Å². The zero-order chi connectivity index (χ0) is 18.3. The van der Waals surface area contributed by atoms with Gasteiger partial charge in [0, 0.05) is 12.0 Å². The second-order valence-electron chi connectivity index (χ2n) is 6.29. The van der Waals surface area contributed by atoms with Crippen LogP contribution in [0.5, 0.6) is 0 Å².